The van der Waals surface area contributed by atoms with E-state index in [-0.39, 0.29) is 6.61 Å². The number of methoxy groups -OCH3 is 1. The number of aliphatic hydroxyl groups is 1. The molecule has 0 aliphatic carbocycles. The molecular weight excluding hydrogens is 185 g/mol. The van der Waals surface area contributed by atoms with Gasteiger partial charge in [0.1, 0.15) is 12.4 Å². The Bertz CT molecular complexity index is 304. The molecule has 0 saturated carbocycles. The van der Waals surface area contributed by atoms with Gasteiger partial charge in [-0.25, -0.2) is 4.39 Å². The first-order valence-corrected chi connectivity index (χ1v) is 4.32. The van der Waals surface area contributed by atoms with E-state index in [1.165, 1.54) is 7.11 Å². The third-order valence-corrected chi connectivity index (χ3v) is 2.12. The van der Waals surface area contributed by atoms with Gasteiger partial charge in [0.25, 0.3) is 0 Å². The van der Waals surface area contributed by atoms with Crippen LogP contribution < -0.4 is 10.5 Å². The molecule has 4 heteroatoms. The molecule has 1 atom stereocenters. The average Bonchev–Trinajstić information content (AvgIpc) is 2.26. The predicted molar refractivity (Wildman–Crippen MR) is 51.8 cm³/mol. The first-order chi connectivity index (χ1) is 6.74. The second kappa shape index (κ2) is 4.93. The zero-order valence-corrected chi connectivity index (χ0v) is 8.03. The molecular formula is C10H14FNO2. The summed E-state index contributed by atoms with van der Waals surface area (Å²) < 4.78 is 17.7. The van der Waals surface area contributed by atoms with Crippen LogP contribution >= 0.6 is 0 Å². The topological polar surface area (TPSA) is 55.5 Å². The first-order valence-electron chi connectivity index (χ1n) is 4.32. The van der Waals surface area contributed by atoms with Gasteiger partial charge in [-0.1, -0.05) is 12.1 Å². The SMILES string of the molecule is COc1cccc(C(N)CO)c1CF. The lowest BCUT2D eigenvalue weighted by Gasteiger charge is -2.15. The lowest BCUT2D eigenvalue weighted by molar-refractivity contribution is 0.266. The summed E-state index contributed by atoms with van der Waals surface area (Å²) in [7, 11) is 1.47. The summed E-state index contributed by atoms with van der Waals surface area (Å²) in [4.78, 5) is 0. The Balaban J connectivity index is 3.14. The van der Waals surface area contributed by atoms with Crippen molar-refractivity contribution >= 4 is 0 Å². The molecule has 0 bridgehead atoms. The Hall–Kier alpha value is -1.13. The van der Waals surface area contributed by atoms with Gasteiger partial charge < -0.3 is 15.6 Å². The highest BCUT2D eigenvalue weighted by molar-refractivity contribution is 5.41. The zero-order valence-electron chi connectivity index (χ0n) is 8.03. The Morgan fingerprint density at radius 3 is 2.79 bits per heavy atom. The standard InChI is InChI=1S/C10H14FNO2/c1-14-10-4-2-3-7(8(10)5-11)9(12)6-13/h2-4,9,13H,5-6,12H2,1H3. The number of ether oxygens (including phenoxy) is 1. The molecule has 1 aromatic rings. The molecule has 1 unspecified atom stereocenters. The fourth-order valence-corrected chi connectivity index (χ4v) is 1.36. The minimum absolute atomic E-state index is 0.208. The molecule has 0 aromatic heterocycles. The Morgan fingerprint density at radius 2 is 2.29 bits per heavy atom. The Kier molecular flexibility index (Phi) is 3.85. The van der Waals surface area contributed by atoms with E-state index in [4.69, 9.17) is 15.6 Å². The van der Waals surface area contributed by atoms with Crippen LogP contribution in [0.25, 0.3) is 0 Å². The maximum Gasteiger partial charge on any atom is 0.125 e. The van der Waals surface area contributed by atoms with E-state index < -0.39 is 12.7 Å². The minimum Gasteiger partial charge on any atom is -0.496 e. The molecule has 0 spiro atoms. The molecule has 0 amide bonds. The van der Waals surface area contributed by atoms with E-state index in [9.17, 15) is 4.39 Å². The molecule has 1 aromatic carbocycles. The Morgan fingerprint density at radius 1 is 1.57 bits per heavy atom. The summed E-state index contributed by atoms with van der Waals surface area (Å²) in [6, 6.07) is 4.53. The van der Waals surface area contributed by atoms with Crippen molar-refractivity contribution < 1.29 is 14.2 Å². The average molecular weight is 199 g/mol. The Labute approximate surface area is 82.3 Å². The maximum atomic E-state index is 12.7. The highest BCUT2D eigenvalue weighted by atomic mass is 19.1. The summed E-state index contributed by atoms with van der Waals surface area (Å²) in [6.45, 7) is -0.854. The molecule has 78 valence electrons. The summed E-state index contributed by atoms with van der Waals surface area (Å²) in [6.07, 6.45) is 0. The minimum atomic E-state index is -0.646. The van der Waals surface area contributed by atoms with E-state index in [0.29, 0.717) is 16.9 Å². The van der Waals surface area contributed by atoms with Crippen LogP contribution in [0, 0.1) is 0 Å². The molecule has 0 radical (unpaired) electrons. The summed E-state index contributed by atoms with van der Waals surface area (Å²) in [5.74, 6) is 0.467. The van der Waals surface area contributed by atoms with Gasteiger partial charge in [0.05, 0.1) is 19.8 Å². The third kappa shape index (κ3) is 2.02. The second-order valence-electron chi connectivity index (χ2n) is 2.95. The van der Waals surface area contributed by atoms with Gasteiger partial charge in [0.15, 0.2) is 0 Å². The highest BCUT2D eigenvalue weighted by Crippen LogP contribution is 2.26. The van der Waals surface area contributed by atoms with Crippen molar-refractivity contribution in [3.05, 3.63) is 29.3 Å². The van der Waals surface area contributed by atoms with Gasteiger partial charge in [-0.2, -0.15) is 0 Å². The summed E-state index contributed by atoms with van der Waals surface area (Å²) in [5, 5.41) is 8.88. The second-order valence-corrected chi connectivity index (χ2v) is 2.95. The van der Waals surface area contributed by atoms with Gasteiger partial charge in [-0.15, -0.1) is 0 Å². The highest BCUT2D eigenvalue weighted by Gasteiger charge is 2.13. The van der Waals surface area contributed by atoms with Crippen LogP contribution in [0.3, 0.4) is 0 Å². The van der Waals surface area contributed by atoms with Crippen molar-refractivity contribution in [2.24, 2.45) is 5.73 Å². The van der Waals surface area contributed by atoms with Crippen LogP contribution in [0.1, 0.15) is 17.2 Å². The maximum absolute atomic E-state index is 12.7. The number of benzene rings is 1. The number of rotatable bonds is 4. The van der Waals surface area contributed by atoms with Crippen molar-refractivity contribution in [3.63, 3.8) is 0 Å². The lowest BCUT2D eigenvalue weighted by atomic mass is 10.0. The van der Waals surface area contributed by atoms with Crippen LogP contribution in [-0.2, 0) is 6.67 Å². The lowest BCUT2D eigenvalue weighted by Crippen LogP contribution is -2.16. The number of hydrogen-bond donors (Lipinski definition) is 2. The van der Waals surface area contributed by atoms with Gasteiger partial charge >= 0.3 is 0 Å². The van der Waals surface area contributed by atoms with E-state index in [1.807, 2.05) is 0 Å². The van der Waals surface area contributed by atoms with E-state index in [1.54, 1.807) is 18.2 Å². The van der Waals surface area contributed by atoms with Gasteiger partial charge in [0.2, 0.25) is 0 Å². The number of alkyl halides is 1. The van der Waals surface area contributed by atoms with Crippen LogP contribution in [0.2, 0.25) is 0 Å². The van der Waals surface area contributed by atoms with Crippen molar-refractivity contribution in [2.75, 3.05) is 13.7 Å². The van der Waals surface area contributed by atoms with Crippen LogP contribution in [0.4, 0.5) is 4.39 Å². The molecule has 0 aliphatic rings. The monoisotopic (exact) mass is 199 g/mol. The van der Waals surface area contributed by atoms with Crippen LogP contribution in [-0.4, -0.2) is 18.8 Å². The van der Waals surface area contributed by atoms with Crippen molar-refractivity contribution in [2.45, 2.75) is 12.7 Å². The predicted octanol–water partition coefficient (Wildman–Crippen LogP) is 1.16. The summed E-state index contributed by atoms with van der Waals surface area (Å²) in [5.41, 5.74) is 6.63. The largest absolute Gasteiger partial charge is 0.496 e. The number of hydrogen-bond acceptors (Lipinski definition) is 3. The number of nitrogens with two attached hydrogens (primary N) is 1. The molecule has 0 aliphatic heterocycles. The molecule has 0 heterocycles. The van der Waals surface area contributed by atoms with Gasteiger partial charge in [-0.05, 0) is 11.6 Å². The smallest absolute Gasteiger partial charge is 0.125 e. The van der Waals surface area contributed by atoms with Crippen molar-refractivity contribution in [1.82, 2.24) is 0 Å². The van der Waals surface area contributed by atoms with E-state index in [0.717, 1.165) is 0 Å². The van der Waals surface area contributed by atoms with Crippen LogP contribution in [0.15, 0.2) is 18.2 Å². The first kappa shape index (κ1) is 10.9. The third-order valence-electron chi connectivity index (χ3n) is 2.12. The normalized spacial score (nSPS) is 12.6. The van der Waals surface area contributed by atoms with Crippen LogP contribution in [0.5, 0.6) is 5.75 Å². The summed E-state index contributed by atoms with van der Waals surface area (Å²) >= 11 is 0. The van der Waals surface area contributed by atoms with Gasteiger partial charge in [0, 0.05) is 5.56 Å². The number of aliphatic hydroxyl groups excluding tert-OH is 1. The van der Waals surface area contributed by atoms with Crippen molar-refractivity contribution in [3.8, 4) is 5.75 Å². The van der Waals surface area contributed by atoms with Crippen molar-refractivity contribution in [1.29, 1.82) is 0 Å². The molecule has 14 heavy (non-hydrogen) atoms. The fourth-order valence-electron chi connectivity index (χ4n) is 1.36. The van der Waals surface area contributed by atoms with E-state index >= 15 is 0 Å². The molecule has 1 rings (SSSR count). The zero-order chi connectivity index (χ0) is 10.6. The molecule has 3 nitrogen and oxygen atoms in total. The molecule has 0 saturated heterocycles. The fraction of sp³-hybridized carbons (Fsp3) is 0.400. The quantitative estimate of drug-likeness (QED) is 0.765. The number of halogens is 1. The molecule has 0 fully saturated rings. The van der Waals surface area contributed by atoms with E-state index in [2.05, 4.69) is 0 Å². The molecule has 3 N–H and O–H groups in total. The van der Waals surface area contributed by atoms with Gasteiger partial charge in [-0.3, -0.25) is 0 Å².